The molecule has 0 spiro atoms. The summed E-state index contributed by atoms with van der Waals surface area (Å²) >= 11 is 0. The van der Waals surface area contributed by atoms with Crippen LogP contribution in [0.25, 0.3) is 0 Å². The first-order valence-corrected chi connectivity index (χ1v) is 5.08. The van der Waals surface area contributed by atoms with Gasteiger partial charge in [0.25, 0.3) is 0 Å². The van der Waals surface area contributed by atoms with Gasteiger partial charge in [-0.25, -0.2) is 9.18 Å². The molecule has 0 radical (unpaired) electrons. The van der Waals surface area contributed by atoms with Crippen LogP contribution in [0.2, 0.25) is 0 Å². The van der Waals surface area contributed by atoms with Crippen molar-refractivity contribution in [3.63, 3.8) is 0 Å². The van der Waals surface area contributed by atoms with Crippen molar-refractivity contribution in [3.8, 4) is 0 Å². The molecule has 1 amide bonds. The number of halogens is 1. The molecule has 1 unspecified atom stereocenters. The third-order valence-electron chi connectivity index (χ3n) is 2.03. The maximum Gasteiger partial charge on any atom is 0.410 e. The fourth-order valence-electron chi connectivity index (χ4n) is 1.49. The van der Waals surface area contributed by atoms with Gasteiger partial charge in [-0.05, 0) is 20.8 Å². The third-order valence-corrected chi connectivity index (χ3v) is 2.03. The van der Waals surface area contributed by atoms with E-state index in [0.29, 0.717) is 0 Å². The summed E-state index contributed by atoms with van der Waals surface area (Å²) in [5.41, 5.74) is -0.592. The lowest BCUT2D eigenvalue weighted by molar-refractivity contribution is -0.0124. The molecule has 88 valence electrons. The smallest absolute Gasteiger partial charge is 0.410 e. The molecule has 2 atom stereocenters. The molecule has 0 bridgehead atoms. The first kappa shape index (κ1) is 12.2. The van der Waals surface area contributed by atoms with Gasteiger partial charge in [-0.2, -0.15) is 0 Å². The van der Waals surface area contributed by atoms with Crippen LogP contribution in [0.1, 0.15) is 27.2 Å². The molecule has 0 aromatic carbocycles. The van der Waals surface area contributed by atoms with Gasteiger partial charge in [0.2, 0.25) is 0 Å². The summed E-state index contributed by atoms with van der Waals surface area (Å²) in [6, 6.07) is 0. The molecular formula is C10H18FNO3. The standard InChI is InChI=1S/C10H18FNO3/c1-10(2,3)15-9(14)12-5-7(11)4-8(13)6-12/h7-8,13H,4-6H2,1-3H3/t7-,8?/m1/s1. The quantitative estimate of drug-likeness (QED) is 0.668. The topological polar surface area (TPSA) is 49.8 Å². The fraction of sp³-hybridized carbons (Fsp3) is 0.900. The Kier molecular flexibility index (Phi) is 3.54. The first-order valence-electron chi connectivity index (χ1n) is 5.08. The van der Waals surface area contributed by atoms with Gasteiger partial charge in [0.15, 0.2) is 0 Å². The zero-order chi connectivity index (χ0) is 11.6. The average molecular weight is 219 g/mol. The second-order valence-electron chi connectivity index (χ2n) is 4.87. The van der Waals surface area contributed by atoms with Crippen LogP contribution < -0.4 is 0 Å². The van der Waals surface area contributed by atoms with Gasteiger partial charge in [-0.3, -0.25) is 0 Å². The molecule has 0 aromatic rings. The van der Waals surface area contributed by atoms with Crippen molar-refractivity contribution in [2.24, 2.45) is 0 Å². The van der Waals surface area contributed by atoms with Crippen molar-refractivity contribution in [2.75, 3.05) is 13.1 Å². The number of piperidine rings is 1. The maximum absolute atomic E-state index is 13.1. The lowest BCUT2D eigenvalue weighted by Crippen LogP contribution is -2.48. The summed E-state index contributed by atoms with van der Waals surface area (Å²) in [6.45, 7) is 5.40. The number of nitrogens with zero attached hydrogens (tertiary/aromatic N) is 1. The Morgan fingerprint density at radius 2 is 2.07 bits per heavy atom. The first-order chi connectivity index (χ1) is 6.78. The molecule has 1 rings (SSSR count). The number of hydrogen-bond acceptors (Lipinski definition) is 3. The van der Waals surface area contributed by atoms with E-state index in [4.69, 9.17) is 4.74 Å². The highest BCUT2D eigenvalue weighted by molar-refractivity contribution is 5.68. The lowest BCUT2D eigenvalue weighted by Gasteiger charge is -2.33. The minimum Gasteiger partial charge on any atom is -0.444 e. The second kappa shape index (κ2) is 4.35. The number of ether oxygens (including phenoxy) is 1. The molecule has 1 saturated heterocycles. The maximum atomic E-state index is 13.1. The van der Waals surface area contributed by atoms with E-state index >= 15 is 0 Å². The van der Waals surface area contributed by atoms with Gasteiger partial charge in [-0.1, -0.05) is 0 Å². The predicted molar refractivity (Wildman–Crippen MR) is 53.3 cm³/mol. The zero-order valence-electron chi connectivity index (χ0n) is 9.36. The molecule has 0 saturated carbocycles. The molecule has 5 heteroatoms. The van der Waals surface area contributed by atoms with Crippen LogP contribution in [0.4, 0.5) is 9.18 Å². The van der Waals surface area contributed by atoms with Crippen molar-refractivity contribution < 1.29 is 19.0 Å². The SMILES string of the molecule is CC(C)(C)OC(=O)N1CC(O)C[C@@H](F)C1. The summed E-state index contributed by atoms with van der Waals surface area (Å²) in [6.07, 6.45) is -2.43. The number of hydrogen-bond donors (Lipinski definition) is 1. The monoisotopic (exact) mass is 219 g/mol. The van der Waals surface area contributed by atoms with Crippen molar-refractivity contribution in [2.45, 2.75) is 45.1 Å². The largest absolute Gasteiger partial charge is 0.444 e. The summed E-state index contributed by atoms with van der Waals surface area (Å²) < 4.78 is 18.2. The Hall–Kier alpha value is -0.840. The van der Waals surface area contributed by atoms with E-state index in [-0.39, 0.29) is 19.5 Å². The van der Waals surface area contributed by atoms with E-state index in [1.807, 2.05) is 0 Å². The van der Waals surface area contributed by atoms with Crippen LogP contribution in [0.15, 0.2) is 0 Å². The molecule has 1 aliphatic heterocycles. The molecule has 1 N–H and O–H groups in total. The molecule has 0 aliphatic carbocycles. The molecule has 1 heterocycles. The molecular weight excluding hydrogens is 201 g/mol. The Labute approximate surface area is 89.0 Å². The zero-order valence-corrected chi connectivity index (χ0v) is 9.36. The summed E-state index contributed by atoms with van der Waals surface area (Å²) in [4.78, 5) is 12.7. The predicted octanol–water partition coefficient (Wildman–Crippen LogP) is 1.33. The number of aliphatic hydroxyl groups excluding tert-OH is 1. The van der Waals surface area contributed by atoms with Crippen molar-refractivity contribution in [1.29, 1.82) is 0 Å². The van der Waals surface area contributed by atoms with Gasteiger partial charge in [0.05, 0.1) is 19.2 Å². The van der Waals surface area contributed by atoms with E-state index < -0.39 is 24.0 Å². The van der Waals surface area contributed by atoms with Gasteiger partial charge in [0.1, 0.15) is 11.8 Å². The van der Waals surface area contributed by atoms with Crippen LogP contribution in [0.5, 0.6) is 0 Å². The number of carbonyl (C=O) groups excluding carboxylic acids is 1. The number of rotatable bonds is 0. The molecule has 15 heavy (non-hydrogen) atoms. The Balaban J connectivity index is 2.52. The fourth-order valence-corrected chi connectivity index (χ4v) is 1.49. The second-order valence-corrected chi connectivity index (χ2v) is 4.87. The summed E-state index contributed by atoms with van der Waals surface area (Å²) in [5.74, 6) is 0. The lowest BCUT2D eigenvalue weighted by atomic mass is 10.1. The molecule has 0 aromatic heterocycles. The van der Waals surface area contributed by atoms with Crippen LogP contribution in [0.3, 0.4) is 0 Å². The van der Waals surface area contributed by atoms with Crippen molar-refractivity contribution in [1.82, 2.24) is 4.90 Å². The van der Waals surface area contributed by atoms with E-state index in [1.165, 1.54) is 4.90 Å². The van der Waals surface area contributed by atoms with Gasteiger partial charge < -0.3 is 14.7 Å². The Bertz CT molecular complexity index is 229. The van der Waals surface area contributed by atoms with Crippen LogP contribution in [-0.4, -0.2) is 47.1 Å². The van der Waals surface area contributed by atoms with Crippen LogP contribution in [0, 0.1) is 0 Å². The normalized spacial score (nSPS) is 27.7. The van der Waals surface area contributed by atoms with Gasteiger partial charge in [-0.15, -0.1) is 0 Å². The van der Waals surface area contributed by atoms with Crippen LogP contribution >= 0.6 is 0 Å². The average Bonchev–Trinajstić information content (AvgIpc) is 1.98. The van der Waals surface area contributed by atoms with E-state index in [9.17, 15) is 14.3 Å². The highest BCUT2D eigenvalue weighted by Gasteiger charge is 2.31. The van der Waals surface area contributed by atoms with E-state index in [0.717, 1.165) is 0 Å². The highest BCUT2D eigenvalue weighted by Crippen LogP contribution is 2.17. The summed E-state index contributed by atoms with van der Waals surface area (Å²) in [7, 11) is 0. The molecule has 1 fully saturated rings. The number of amides is 1. The number of carbonyl (C=O) groups is 1. The number of aliphatic hydroxyl groups is 1. The van der Waals surface area contributed by atoms with Gasteiger partial charge >= 0.3 is 6.09 Å². The Morgan fingerprint density at radius 1 is 1.47 bits per heavy atom. The van der Waals surface area contributed by atoms with E-state index in [1.54, 1.807) is 20.8 Å². The van der Waals surface area contributed by atoms with Crippen molar-refractivity contribution in [3.05, 3.63) is 0 Å². The Morgan fingerprint density at radius 3 is 2.53 bits per heavy atom. The minimum absolute atomic E-state index is 0.00593. The minimum atomic E-state index is -1.17. The number of alkyl halides is 1. The highest BCUT2D eigenvalue weighted by atomic mass is 19.1. The number of likely N-dealkylation sites (tertiary alicyclic amines) is 1. The molecule has 4 nitrogen and oxygen atoms in total. The molecule has 1 aliphatic rings. The van der Waals surface area contributed by atoms with Crippen molar-refractivity contribution >= 4 is 6.09 Å². The van der Waals surface area contributed by atoms with Gasteiger partial charge in [0, 0.05) is 6.42 Å². The van der Waals surface area contributed by atoms with Crippen LogP contribution in [-0.2, 0) is 4.74 Å². The van der Waals surface area contributed by atoms with E-state index in [2.05, 4.69) is 0 Å². The third kappa shape index (κ3) is 4.03. The summed E-state index contributed by atoms with van der Waals surface area (Å²) in [5, 5.41) is 9.31. The number of β-amino-alcohol motifs (C(OH)–C–C–N with tert-alkyl or cyclic N) is 1.